The van der Waals surface area contributed by atoms with Crippen molar-refractivity contribution in [2.45, 2.75) is 25.0 Å². The number of nitrogen functional groups attached to an aromatic ring is 1. The van der Waals surface area contributed by atoms with Crippen LogP contribution in [0.25, 0.3) is 21.6 Å². The van der Waals surface area contributed by atoms with Crippen LogP contribution in [-0.2, 0) is 4.79 Å². The number of para-hydroxylation sites is 1. The number of hydrogen-bond donors (Lipinski definition) is 1. The zero-order valence-corrected chi connectivity index (χ0v) is 19.7. The number of nitrogens with two attached hydrogens (primary N) is 1. The van der Waals surface area contributed by atoms with Crippen molar-refractivity contribution in [1.29, 1.82) is 0 Å². The first-order valence-corrected chi connectivity index (χ1v) is 12.0. The normalized spacial score (nSPS) is 12.1. The molecule has 0 bridgehead atoms. The van der Waals surface area contributed by atoms with Crippen LogP contribution in [0.1, 0.15) is 24.9 Å². The Morgan fingerprint density at radius 3 is 2.69 bits per heavy atom. The maximum Gasteiger partial charge on any atom is 0.233 e. The van der Waals surface area contributed by atoms with Crippen LogP contribution in [0.5, 0.6) is 5.75 Å². The number of hydrogen-bond acceptors (Lipinski definition) is 8. The monoisotopic (exact) mass is 468 g/mol. The maximum atomic E-state index is 12.8. The molecule has 2 aromatic carbocycles. The fraction of sp³-hybridized carbons (Fsp3) is 0.273. The van der Waals surface area contributed by atoms with Crippen LogP contribution >= 0.6 is 23.1 Å². The van der Waals surface area contributed by atoms with Crippen LogP contribution in [-0.4, -0.2) is 50.1 Å². The van der Waals surface area contributed by atoms with E-state index in [0.29, 0.717) is 17.6 Å². The Bertz CT molecular complexity index is 1190. The summed E-state index contributed by atoms with van der Waals surface area (Å²) in [5.41, 5.74) is 1.77. The highest BCUT2D eigenvalue weighted by Crippen LogP contribution is 2.30. The van der Waals surface area contributed by atoms with Crippen molar-refractivity contribution in [3.63, 3.8) is 0 Å². The van der Waals surface area contributed by atoms with Crippen LogP contribution in [0.3, 0.4) is 0 Å². The summed E-state index contributed by atoms with van der Waals surface area (Å²) >= 11 is 2.87. The van der Waals surface area contributed by atoms with Gasteiger partial charge < -0.3 is 15.5 Å². The van der Waals surface area contributed by atoms with Gasteiger partial charge in [0, 0.05) is 12.6 Å². The molecule has 0 saturated heterocycles. The van der Waals surface area contributed by atoms with Crippen LogP contribution in [0.4, 0.5) is 0 Å². The maximum absolute atomic E-state index is 12.8. The average molecular weight is 469 g/mol. The highest BCUT2D eigenvalue weighted by Gasteiger charge is 2.22. The van der Waals surface area contributed by atoms with Crippen molar-refractivity contribution in [1.82, 2.24) is 24.8 Å². The first kappa shape index (κ1) is 22.1. The smallest absolute Gasteiger partial charge is 0.233 e. The van der Waals surface area contributed by atoms with E-state index in [9.17, 15) is 4.79 Å². The van der Waals surface area contributed by atoms with Crippen molar-refractivity contribution in [2.75, 3.05) is 25.3 Å². The predicted molar refractivity (Wildman–Crippen MR) is 128 cm³/mol. The molecule has 0 aliphatic carbocycles. The zero-order valence-electron chi connectivity index (χ0n) is 18.1. The van der Waals surface area contributed by atoms with E-state index in [-0.39, 0.29) is 17.7 Å². The van der Waals surface area contributed by atoms with Crippen molar-refractivity contribution in [3.05, 3.63) is 53.5 Å². The van der Waals surface area contributed by atoms with Gasteiger partial charge in [-0.25, -0.2) is 9.66 Å². The number of amides is 1. The third-order valence-electron chi connectivity index (χ3n) is 5.05. The minimum absolute atomic E-state index is 0.0348. The van der Waals surface area contributed by atoms with Gasteiger partial charge in [-0.05, 0) is 50.2 Å². The van der Waals surface area contributed by atoms with Crippen molar-refractivity contribution < 1.29 is 9.53 Å². The van der Waals surface area contributed by atoms with Gasteiger partial charge in [0.05, 0.1) is 28.6 Å². The van der Waals surface area contributed by atoms with Gasteiger partial charge in [-0.3, -0.25) is 4.79 Å². The van der Waals surface area contributed by atoms with Crippen LogP contribution in [0.15, 0.2) is 53.7 Å². The summed E-state index contributed by atoms with van der Waals surface area (Å²) in [5.74, 6) is 7.67. The molecule has 0 aliphatic rings. The Kier molecular flexibility index (Phi) is 6.61. The van der Waals surface area contributed by atoms with Gasteiger partial charge in [-0.2, -0.15) is 0 Å². The summed E-state index contributed by atoms with van der Waals surface area (Å²) in [6, 6.07) is 15.3. The number of aromatic nitrogens is 4. The molecule has 0 spiro atoms. The van der Waals surface area contributed by atoms with Crippen LogP contribution in [0, 0.1) is 0 Å². The lowest BCUT2D eigenvalue weighted by atomic mass is 10.2. The van der Waals surface area contributed by atoms with Gasteiger partial charge in [0.1, 0.15) is 10.8 Å². The summed E-state index contributed by atoms with van der Waals surface area (Å²) in [4.78, 5) is 19.2. The number of thioether (sulfide) groups is 1. The first-order chi connectivity index (χ1) is 15.5. The minimum atomic E-state index is -0.129. The molecule has 4 aromatic rings. The number of nitrogens with zero attached hydrogens (tertiary/aromatic N) is 5. The van der Waals surface area contributed by atoms with Gasteiger partial charge in [0.25, 0.3) is 0 Å². The standard InChI is InChI=1S/C22H24N6O2S2/c1-4-30-16-11-9-15(10-12-16)20-25-26-22(28(20)23)31-13-19(29)27(3)14(2)21-24-17-7-5-6-8-18(17)32-21/h5-12,14H,4,13,23H2,1-3H3/t14-/m0/s1. The molecule has 1 atom stereocenters. The SMILES string of the molecule is CCOc1ccc(-c2nnc(SCC(=O)N(C)[C@@H](C)c3nc4ccccc4s3)n2N)cc1. The molecule has 1 amide bonds. The Morgan fingerprint density at radius 2 is 1.97 bits per heavy atom. The van der Waals surface area contributed by atoms with Crippen molar-refractivity contribution in [3.8, 4) is 17.1 Å². The molecule has 2 aromatic heterocycles. The van der Waals surface area contributed by atoms with E-state index in [1.165, 1.54) is 16.4 Å². The lowest BCUT2D eigenvalue weighted by molar-refractivity contribution is -0.128. The lowest BCUT2D eigenvalue weighted by Gasteiger charge is -2.23. The molecule has 2 heterocycles. The molecule has 0 radical (unpaired) electrons. The molecule has 0 unspecified atom stereocenters. The molecule has 4 rings (SSSR count). The molecule has 8 nitrogen and oxygen atoms in total. The van der Waals surface area contributed by atoms with Crippen molar-refractivity contribution >= 4 is 39.2 Å². The van der Waals surface area contributed by atoms with E-state index in [0.717, 1.165) is 26.5 Å². The Labute approximate surface area is 194 Å². The second kappa shape index (κ2) is 9.58. The first-order valence-electron chi connectivity index (χ1n) is 10.2. The molecule has 0 fully saturated rings. The topological polar surface area (TPSA) is 99.2 Å². The number of fused-ring (bicyclic) bond motifs is 1. The summed E-state index contributed by atoms with van der Waals surface area (Å²) < 4.78 is 7.98. The van der Waals surface area contributed by atoms with E-state index < -0.39 is 0 Å². The number of rotatable bonds is 8. The Hall–Kier alpha value is -3.11. The lowest BCUT2D eigenvalue weighted by Crippen LogP contribution is -2.31. The quantitative estimate of drug-likeness (QED) is 0.308. The van der Waals surface area contributed by atoms with E-state index in [4.69, 9.17) is 10.6 Å². The van der Waals surface area contributed by atoms with E-state index in [1.807, 2.05) is 62.4 Å². The fourth-order valence-corrected chi connectivity index (χ4v) is 4.96. The largest absolute Gasteiger partial charge is 0.494 e. The number of benzene rings is 2. The van der Waals surface area contributed by atoms with E-state index in [2.05, 4.69) is 15.2 Å². The molecule has 166 valence electrons. The number of ether oxygens (including phenoxy) is 1. The van der Waals surface area contributed by atoms with Gasteiger partial charge >= 0.3 is 0 Å². The number of thiazole rings is 1. The molecule has 2 N–H and O–H groups in total. The van der Waals surface area contributed by atoms with Gasteiger partial charge in [0.2, 0.25) is 11.1 Å². The zero-order chi connectivity index (χ0) is 22.7. The fourth-order valence-electron chi connectivity index (χ4n) is 3.12. The van der Waals surface area contributed by atoms with Crippen LogP contribution in [0.2, 0.25) is 0 Å². The third kappa shape index (κ3) is 4.56. The van der Waals surface area contributed by atoms with Gasteiger partial charge in [0.15, 0.2) is 5.82 Å². The highest BCUT2D eigenvalue weighted by atomic mass is 32.2. The summed E-state index contributed by atoms with van der Waals surface area (Å²) in [7, 11) is 1.79. The minimum Gasteiger partial charge on any atom is -0.494 e. The predicted octanol–water partition coefficient (Wildman–Crippen LogP) is 3.98. The van der Waals surface area contributed by atoms with Crippen molar-refractivity contribution in [2.24, 2.45) is 0 Å². The molecule has 0 aliphatic heterocycles. The van der Waals surface area contributed by atoms with Gasteiger partial charge in [-0.1, -0.05) is 23.9 Å². The summed E-state index contributed by atoms with van der Waals surface area (Å²) in [5, 5.41) is 9.72. The third-order valence-corrected chi connectivity index (χ3v) is 7.19. The van der Waals surface area contributed by atoms with E-state index in [1.54, 1.807) is 23.3 Å². The summed E-state index contributed by atoms with van der Waals surface area (Å²) in [6.45, 7) is 4.52. The van der Waals surface area contributed by atoms with E-state index >= 15 is 0 Å². The molecule has 0 saturated carbocycles. The van der Waals surface area contributed by atoms with Crippen LogP contribution < -0.4 is 10.6 Å². The second-order valence-corrected chi connectivity index (χ2v) is 9.13. The molecule has 10 heteroatoms. The molecular formula is C22H24N6O2S2. The Morgan fingerprint density at radius 1 is 1.22 bits per heavy atom. The average Bonchev–Trinajstić information content (AvgIpc) is 3.40. The van der Waals surface area contributed by atoms with Gasteiger partial charge in [-0.15, -0.1) is 21.5 Å². The summed E-state index contributed by atoms with van der Waals surface area (Å²) in [6.07, 6.45) is 0. The second-order valence-electron chi connectivity index (χ2n) is 7.12. The number of carbonyl (C=O) groups is 1. The Balaban J connectivity index is 1.40. The number of carbonyl (C=O) groups excluding carboxylic acids is 1. The molecule has 32 heavy (non-hydrogen) atoms. The highest BCUT2D eigenvalue weighted by molar-refractivity contribution is 7.99. The molecular weight excluding hydrogens is 444 g/mol.